The Hall–Kier alpha value is -0.120. The molecule has 2 heterocycles. The summed E-state index contributed by atoms with van der Waals surface area (Å²) >= 11 is 0. The Labute approximate surface area is 86.3 Å². The second-order valence-electron chi connectivity index (χ2n) is 4.78. The molecule has 2 fully saturated rings. The largest absolute Gasteiger partial charge is 0.388 e. The first-order chi connectivity index (χ1) is 6.72. The van der Waals surface area contributed by atoms with Gasteiger partial charge in [0.15, 0.2) is 0 Å². The third-order valence-electron chi connectivity index (χ3n) is 4.22. The van der Waals surface area contributed by atoms with Gasteiger partial charge in [-0.05, 0) is 38.8 Å². The zero-order valence-corrected chi connectivity index (χ0v) is 9.08. The summed E-state index contributed by atoms with van der Waals surface area (Å²) in [4.78, 5) is 2.44. The number of nitrogens with zero attached hydrogens (tertiary/aromatic N) is 1. The molecule has 0 aromatic carbocycles. The molecular formula is C11H22N2O. The monoisotopic (exact) mass is 198 g/mol. The highest BCUT2D eigenvalue weighted by Gasteiger charge is 2.51. The number of aliphatic hydroxyl groups is 1. The van der Waals surface area contributed by atoms with Crippen LogP contribution in [0.1, 0.15) is 32.6 Å². The van der Waals surface area contributed by atoms with Crippen LogP contribution in [0.3, 0.4) is 0 Å². The van der Waals surface area contributed by atoms with Crippen LogP contribution >= 0.6 is 0 Å². The van der Waals surface area contributed by atoms with E-state index in [2.05, 4.69) is 11.8 Å². The van der Waals surface area contributed by atoms with Crippen molar-refractivity contribution in [2.45, 2.75) is 44.2 Å². The Morgan fingerprint density at radius 3 is 3.00 bits per heavy atom. The fraction of sp³-hybridized carbons (Fsp3) is 1.00. The second-order valence-corrected chi connectivity index (χ2v) is 4.78. The zero-order valence-electron chi connectivity index (χ0n) is 9.08. The van der Waals surface area contributed by atoms with Crippen molar-refractivity contribution in [1.82, 2.24) is 4.90 Å². The van der Waals surface area contributed by atoms with Crippen molar-refractivity contribution in [2.24, 2.45) is 11.7 Å². The van der Waals surface area contributed by atoms with E-state index in [9.17, 15) is 5.11 Å². The average Bonchev–Trinajstić information content (AvgIpc) is 2.73. The summed E-state index contributed by atoms with van der Waals surface area (Å²) in [5, 5.41) is 10.7. The zero-order chi connectivity index (χ0) is 10.2. The lowest BCUT2D eigenvalue weighted by atomic mass is 9.79. The molecule has 2 aliphatic rings. The smallest absolute Gasteiger partial charge is 0.0854 e. The topological polar surface area (TPSA) is 49.5 Å². The molecule has 0 saturated carbocycles. The van der Waals surface area contributed by atoms with Crippen LogP contribution in [0.4, 0.5) is 0 Å². The first-order valence-electron chi connectivity index (χ1n) is 5.89. The third kappa shape index (κ3) is 1.38. The Balaban J connectivity index is 2.14. The molecule has 0 aromatic rings. The van der Waals surface area contributed by atoms with E-state index >= 15 is 0 Å². The van der Waals surface area contributed by atoms with Crippen LogP contribution < -0.4 is 5.73 Å². The van der Waals surface area contributed by atoms with E-state index in [-0.39, 0.29) is 5.92 Å². The van der Waals surface area contributed by atoms with Crippen molar-refractivity contribution >= 4 is 0 Å². The predicted molar refractivity (Wildman–Crippen MR) is 57.0 cm³/mol. The Morgan fingerprint density at radius 1 is 1.57 bits per heavy atom. The highest BCUT2D eigenvalue weighted by Crippen LogP contribution is 2.41. The van der Waals surface area contributed by atoms with Crippen LogP contribution in [0.5, 0.6) is 0 Å². The minimum Gasteiger partial charge on any atom is -0.388 e. The lowest BCUT2D eigenvalue weighted by Gasteiger charge is -2.36. The van der Waals surface area contributed by atoms with E-state index in [1.54, 1.807) is 0 Å². The van der Waals surface area contributed by atoms with E-state index < -0.39 is 5.60 Å². The molecule has 0 radical (unpaired) electrons. The summed E-state index contributed by atoms with van der Waals surface area (Å²) in [6, 6.07) is 0.399. The molecule has 3 nitrogen and oxygen atoms in total. The van der Waals surface area contributed by atoms with Crippen LogP contribution in [-0.2, 0) is 0 Å². The van der Waals surface area contributed by atoms with Gasteiger partial charge < -0.3 is 10.8 Å². The van der Waals surface area contributed by atoms with E-state index in [1.165, 1.54) is 13.0 Å². The lowest BCUT2D eigenvalue weighted by Crippen LogP contribution is -2.49. The molecule has 0 aliphatic carbocycles. The molecule has 14 heavy (non-hydrogen) atoms. The molecule has 3 heteroatoms. The van der Waals surface area contributed by atoms with E-state index in [0.29, 0.717) is 12.6 Å². The van der Waals surface area contributed by atoms with Gasteiger partial charge in [0.25, 0.3) is 0 Å². The van der Waals surface area contributed by atoms with Gasteiger partial charge in [-0.3, -0.25) is 4.90 Å². The minimum absolute atomic E-state index is 0.288. The van der Waals surface area contributed by atoms with E-state index in [1.807, 2.05) is 0 Å². The van der Waals surface area contributed by atoms with Crippen LogP contribution in [0.25, 0.3) is 0 Å². The van der Waals surface area contributed by atoms with Crippen LogP contribution in [0.15, 0.2) is 0 Å². The third-order valence-corrected chi connectivity index (χ3v) is 4.22. The lowest BCUT2D eigenvalue weighted by molar-refractivity contribution is -0.0382. The average molecular weight is 198 g/mol. The molecule has 82 valence electrons. The van der Waals surface area contributed by atoms with Gasteiger partial charge in [-0.1, -0.05) is 6.92 Å². The van der Waals surface area contributed by atoms with Crippen molar-refractivity contribution in [1.29, 1.82) is 0 Å². The Kier molecular flexibility index (Phi) is 2.82. The summed E-state index contributed by atoms with van der Waals surface area (Å²) in [7, 11) is 0. The van der Waals surface area contributed by atoms with Crippen molar-refractivity contribution in [3.8, 4) is 0 Å². The number of hydrogen-bond acceptors (Lipinski definition) is 3. The first-order valence-corrected chi connectivity index (χ1v) is 5.89. The maximum absolute atomic E-state index is 10.7. The van der Waals surface area contributed by atoms with Crippen molar-refractivity contribution in [2.75, 3.05) is 19.6 Å². The molecule has 0 bridgehead atoms. The summed E-state index contributed by atoms with van der Waals surface area (Å²) in [6.07, 6.45) is 4.33. The van der Waals surface area contributed by atoms with E-state index in [4.69, 9.17) is 5.73 Å². The molecular weight excluding hydrogens is 176 g/mol. The quantitative estimate of drug-likeness (QED) is 0.697. The molecule has 2 saturated heterocycles. The van der Waals surface area contributed by atoms with Gasteiger partial charge >= 0.3 is 0 Å². The van der Waals surface area contributed by atoms with Gasteiger partial charge in [-0.15, -0.1) is 0 Å². The molecule has 0 spiro atoms. The fourth-order valence-corrected chi connectivity index (χ4v) is 3.35. The van der Waals surface area contributed by atoms with Crippen LogP contribution in [0.2, 0.25) is 0 Å². The summed E-state index contributed by atoms with van der Waals surface area (Å²) in [6.45, 7) is 5.00. The highest BCUT2D eigenvalue weighted by atomic mass is 16.3. The second kappa shape index (κ2) is 3.80. The van der Waals surface area contributed by atoms with Crippen molar-refractivity contribution in [3.63, 3.8) is 0 Å². The summed E-state index contributed by atoms with van der Waals surface area (Å²) < 4.78 is 0. The molecule has 3 N–H and O–H groups in total. The van der Waals surface area contributed by atoms with Gasteiger partial charge in [0.05, 0.1) is 5.60 Å². The Bertz CT molecular complexity index is 205. The molecule has 3 atom stereocenters. The van der Waals surface area contributed by atoms with Gasteiger partial charge in [0.1, 0.15) is 0 Å². The number of rotatable bonds is 3. The number of nitrogens with two attached hydrogens (primary N) is 1. The van der Waals surface area contributed by atoms with Crippen LogP contribution in [-0.4, -0.2) is 41.3 Å². The standard InChI is InChI=1S/C11H22N2O/c1-2-9(8-12)11(14)5-7-13-6-3-4-10(11)13/h9-10,14H,2-8,12H2,1H3. The maximum Gasteiger partial charge on any atom is 0.0854 e. The first kappa shape index (κ1) is 10.4. The van der Waals surface area contributed by atoms with Crippen molar-refractivity contribution < 1.29 is 5.11 Å². The fourth-order valence-electron chi connectivity index (χ4n) is 3.35. The highest BCUT2D eigenvalue weighted by molar-refractivity contribution is 5.05. The molecule has 0 amide bonds. The van der Waals surface area contributed by atoms with Gasteiger partial charge in [0.2, 0.25) is 0 Å². The van der Waals surface area contributed by atoms with E-state index in [0.717, 1.165) is 25.8 Å². The SMILES string of the molecule is CCC(CN)C1(O)CCN2CCCC21. The van der Waals surface area contributed by atoms with Crippen molar-refractivity contribution in [3.05, 3.63) is 0 Å². The normalized spacial score (nSPS) is 40.1. The van der Waals surface area contributed by atoms with Gasteiger partial charge in [-0.2, -0.15) is 0 Å². The summed E-state index contributed by atoms with van der Waals surface area (Å²) in [5.41, 5.74) is 5.27. The van der Waals surface area contributed by atoms with Crippen LogP contribution in [0, 0.1) is 5.92 Å². The summed E-state index contributed by atoms with van der Waals surface area (Å²) in [5.74, 6) is 0.288. The number of hydrogen-bond donors (Lipinski definition) is 2. The number of fused-ring (bicyclic) bond motifs is 1. The maximum atomic E-state index is 10.7. The molecule has 3 unspecified atom stereocenters. The molecule has 2 rings (SSSR count). The van der Waals surface area contributed by atoms with Gasteiger partial charge in [0, 0.05) is 18.5 Å². The molecule has 2 aliphatic heterocycles. The minimum atomic E-state index is -0.486. The Morgan fingerprint density at radius 2 is 2.36 bits per heavy atom. The predicted octanol–water partition coefficient (Wildman–Crippen LogP) is 0.570. The van der Waals surface area contributed by atoms with Gasteiger partial charge in [-0.25, -0.2) is 0 Å². The molecule has 0 aromatic heterocycles.